The van der Waals surface area contributed by atoms with E-state index >= 15 is 0 Å². The Bertz CT molecular complexity index is 437. The Kier molecular flexibility index (Phi) is 6.42. The minimum Gasteiger partial charge on any atom is -0.493 e. The minimum absolute atomic E-state index is 0.677. The molecule has 98 valence electrons. The lowest BCUT2D eigenvalue weighted by molar-refractivity contribution is 0.353. The highest BCUT2D eigenvalue weighted by atomic mass is 35.5. The molecule has 0 aliphatic heterocycles. The maximum absolute atomic E-state index is 5.32. The Balaban J connectivity index is 2.59. The first-order chi connectivity index (χ1) is 8.71. The van der Waals surface area contributed by atoms with Gasteiger partial charge in [0.05, 0.1) is 20.8 Å². The molecule has 1 aromatic carbocycles. The SMILES string of the molecule is COc1ccc(CCN(C)CC#CCl)cc1OC. The molecule has 0 aliphatic rings. The summed E-state index contributed by atoms with van der Waals surface area (Å²) in [6, 6.07) is 5.97. The van der Waals surface area contributed by atoms with E-state index < -0.39 is 0 Å². The predicted molar refractivity (Wildman–Crippen MR) is 74.4 cm³/mol. The number of benzene rings is 1. The Labute approximate surface area is 114 Å². The highest BCUT2D eigenvalue weighted by Crippen LogP contribution is 2.27. The van der Waals surface area contributed by atoms with Crippen molar-refractivity contribution < 1.29 is 9.47 Å². The first-order valence-electron chi connectivity index (χ1n) is 5.69. The molecule has 0 aromatic heterocycles. The van der Waals surface area contributed by atoms with Crippen molar-refractivity contribution in [2.45, 2.75) is 6.42 Å². The van der Waals surface area contributed by atoms with Crippen LogP contribution in [-0.2, 0) is 6.42 Å². The highest BCUT2D eigenvalue weighted by molar-refractivity contribution is 6.30. The van der Waals surface area contributed by atoms with Gasteiger partial charge in [0.25, 0.3) is 0 Å². The van der Waals surface area contributed by atoms with Gasteiger partial charge < -0.3 is 9.47 Å². The second kappa shape index (κ2) is 7.86. The average molecular weight is 268 g/mol. The normalized spacial score (nSPS) is 9.83. The van der Waals surface area contributed by atoms with Gasteiger partial charge in [0.2, 0.25) is 0 Å². The molecule has 0 amide bonds. The molecular weight excluding hydrogens is 250 g/mol. The third-order valence-corrected chi connectivity index (χ3v) is 2.78. The molecule has 0 heterocycles. The molecule has 1 aromatic rings. The summed E-state index contributed by atoms with van der Waals surface area (Å²) in [6.07, 6.45) is 0.931. The molecule has 0 bridgehead atoms. The summed E-state index contributed by atoms with van der Waals surface area (Å²) in [4.78, 5) is 2.12. The fraction of sp³-hybridized carbons (Fsp3) is 0.429. The predicted octanol–water partition coefficient (Wildman–Crippen LogP) is 2.38. The van der Waals surface area contributed by atoms with Gasteiger partial charge in [0.1, 0.15) is 0 Å². The molecule has 3 nitrogen and oxygen atoms in total. The van der Waals surface area contributed by atoms with E-state index in [9.17, 15) is 0 Å². The number of nitrogens with zero attached hydrogens (tertiary/aromatic N) is 1. The number of hydrogen-bond donors (Lipinski definition) is 0. The van der Waals surface area contributed by atoms with Gasteiger partial charge in [-0.15, -0.1) is 0 Å². The van der Waals surface area contributed by atoms with Crippen LogP contribution in [0.2, 0.25) is 0 Å². The van der Waals surface area contributed by atoms with Crippen molar-refractivity contribution in [1.29, 1.82) is 0 Å². The number of methoxy groups -OCH3 is 2. The van der Waals surface area contributed by atoms with Gasteiger partial charge >= 0.3 is 0 Å². The molecule has 0 atom stereocenters. The van der Waals surface area contributed by atoms with Crippen molar-refractivity contribution in [3.8, 4) is 22.8 Å². The average Bonchev–Trinajstić information content (AvgIpc) is 2.42. The topological polar surface area (TPSA) is 21.7 Å². The molecule has 0 saturated heterocycles. The summed E-state index contributed by atoms with van der Waals surface area (Å²) < 4.78 is 10.5. The van der Waals surface area contributed by atoms with Crippen LogP contribution in [0.5, 0.6) is 11.5 Å². The second-order valence-corrected chi connectivity index (χ2v) is 4.14. The number of hydrogen-bond acceptors (Lipinski definition) is 3. The molecule has 0 fully saturated rings. The van der Waals surface area contributed by atoms with Gasteiger partial charge in [-0.2, -0.15) is 0 Å². The van der Waals surface area contributed by atoms with Crippen LogP contribution in [0, 0.1) is 11.3 Å². The molecule has 1 rings (SSSR count). The smallest absolute Gasteiger partial charge is 0.160 e. The van der Waals surface area contributed by atoms with Crippen molar-refractivity contribution in [2.24, 2.45) is 0 Å². The van der Waals surface area contributed by atoms with Gasteiger partial charge in [-0.3, -0.25) is 4.90 Å². The molecule has 0 N–H and O–H groups in total. The largest absolute Gasteiger partial charge is 0.493 e. The van der Waals surface area contributed by atoms with Crippen LogP contribution in [0.4, 0.5) is 0 Å². The number of rotatable bonds is 6. The highest BCUT2D eigenvalue weighted by Gasteiger charge is 2.05. The molecule has 0 radical (unpaired) electrons. The van der Waals surface area contributed by atoms with E-state index in [4.69, 9.17) is 21.1 Å². The van der Waals surface area contributed by atoms with Gasteiger partial charge in [0, 0.05) is 11.9 Å². The fourth-order valence-corrected chi connectivity index (χ4v) is 1.66. The van der Waals surface area contributed by atoms with E-state index in [2.05, 4.69) is 16.2 Å². The minimum atomic E-state index is 0.677. The van der Waals surface area contributed by atoms with Crippen LogP contribution < -0.4 is 9.47 Å². The van der Waals surface area contributed by atoms with Gasteiger partial charge in [-0.1, -0.05) is 12.0 Å². The summed E-state index contributed by atoms with van der Waals surface area (Å²) in [5.74, 6) is 4.34. The third-order valence-electron chi connectivity index (χ3n) is 2.65. The second-order valence-electron chi connectivity index (χ2n) is 3.95. The zero-order valence-electron chi connectivity index (χ0n) is 11.0. The van der Waals surface area contributed by atoms with Crippen LogP contribution in [0.3, 0.4) is 0 Å². The van der Waals surface area contributed by atoms with E-state index in [0.717, 1.165) is 24.5 Å². The van der Waals surface area contributed by atoms with E-state index in [1.807, 2.05) is 25.2 Å². The number of ether oxygens (including phenoxy) is 2. The molecule has 0 spiro atoms. The zero-order chi connectivity index (χ0) is 13.4. The maximum atomic E-state index is 5.32. The monoisotopic (exact) mass is 267 g/mol. The lowest BCUT2D eigenvalue weighted by Crippen LogP contribution is -2.21. The molecular formula is C14H18ClNO2. The van der Waals surface area contributed by atoms with Crippen LogP contribution in [0.1, 0.15) is 5.56 Å². The summed E-state index contributed by atoms with van der Waals surface area (Å²) in [5, 5.41) is 2.37. The van der Waals surface area contributed by atoms with Gasteiger partial charge in [-0.25, -0.2) is 0 Å². The van der Waals surface area contributed by atoms with Crippen molar-refractivity contribution in [2.75, 3.05) is 34.4 Å². The van der Waals surface area contributed by atoms with Crippen LogP contribution in [0.15, 0.2) is 18.2 Å². The standard InChI is InChI=1S/C14H18ClNO2/c1-16(9-4-8-15)10-7-12-5-6-13(17-2)14(11-12)18-3/h5-6,11H,7,9-10H2,1-3H3. The van der Waals surface area contributed by atoms with Gasteiger partial charge in [-0.05, 0) is 42.8 Å². The Morgan fingerprint density at radius 1 is 1.22 bits per heavy atom. The van der Waals surface area contributed by atoms with Crippen molar-refractivity contribution in [3.05, 3.63) is 23.8 Å². The van der Waals surface area contributed by atoms with E-state index in [1.165, 1.54) is 5.56 Å². The van der Waals surface area contributed by atoms with E-state index in [-0.39, 0.29) is 0 Å². The van der Waals surface area contributed by atoms with E-state index in [1.54, 1.807) is 14.2 Å². The molecule has 0 aliphatic carbocycles. The lowest BCUT2D eigenvalue weighted by Gasteiger charge is -2.14. The van der Waals surface area contributed by atoms with Crippen LogP contribution in [-0.4, -0.2) is 39.3 Å². The fourth-order valence-electron chi connectivity index (χ4n) is 1.60. The summed E-state index contributed by atoms with van der Waals surface area (Å²) in [7, 11) is 5.29. The van der Waals surface area contributed by atoms with Gasteiger partial charge in [0.15, 0.2) is 11.5 Å². The molecule has 18 heavy (non-hydrogen) atoms. The number of likely N-dealkylation sites (N-methyl/N-ethyl adjacent to an activating group) is 1. The summed E-state index contributed by atoms with van der Waals surface area (Å²) in [5.41, 5.74) is 1.21. The maximum Gasteiger partial charge on any atom is 0.160 e. The van der Waals surface area contributed by atoms with Crippen molar-refractivity contribution in [1.82, 2.24) is 4.90 Å². The lowest BCUT2D eigenvalue weighted by atomic mass is 10.1. The number of halogens is 1. The zero-order valence-corrected chi connectivity index (χ0v) is 11.8. The molecule has 0 unspecified atom stereocenters. The molecule has 0 saturated carbocycles. The van der Waals surface area contributed by atoms with Crippen LogP contribution in [0.25, 0.3) is 0 Å². The first kappa shape index (κ1) is 14.7. The van der Waals surface area contributed by atoms with Crippen molar-refractivity contribution in [3.63, 3.8) is 0 Å². The van der Waals surface area contributed by atoms with E-state index in [0.29, 0.717) is 6.54 Å². The summed E-state index contributed by atoms with van der Waals surface area (Å²) >= 11 is 5.32. The summed E-state index contributed by atoms with van der Waals surface area (Å²) in [6.45, 7) is 1.60. The Hall–Kier alpha value is -1.37. The van der Waals surface area contributed by atoms with Crippen molar-refractivity contribution >= 4 is 11.6 Å². The quantitative estimate of drug-likeness (QED) is 0.739. The Morgan fingerprint density at radius 2 is 1.94 bits per heavy atom. The first-order valence-corrected chi connectivity index (χ1v) is 6.07. The molecule has 4 heteroatoms. The third kappa shape index (κ3) is 4.48. The van der Waals surface area contributed by atoms with Crippen LogP contribution >= 0.6 is 11.6 Å². The Morgan fingerprint density at radius 3 is 2.56 bits per heavy atom.